The standard InChI is InChI=1S/C15H19N3O2/c1-9-7-18(8-10(2)20-9)15(19)13-6-17-14-4-3-11(16)5-12(13)14/h3-6,9-10,17H,7-8,16H2,1-2H3/t9-,10+. The fourth-order valence-electron chi connectivity index (χ4n) is 2.83. The summed E-state index contributed by atoms with van der Waals surface area (Å²) in [5, 5.41) is 0.877. The van der Waals surface area contributed by atoms with Gasteiger partial charge in [0.1, 0.15) is 0 Å². The second-order valence-corrected chi connectivity index (χ2v) is 5.47. The van der Waals surface area contributed by atoms with Gasteiger partial charge in [0.15, 0.2) is 0 Å². The van der Waals surface area contributed by atoms with Gasteiger partial charge in [-0.25, -0.2) is 0 Å². The van der Waals surface area contributed by atoms with Crippen molar-refractivity contribution < 1.29 is 9.53 Å². The maximum Gasteiger partial charge on any atom is 0.256 e. The Bertz CT molecular complexity index is 640. The second-order valence-electron chi connectivity index (χ2n) is 5.47. The maximum absolute atomic E-state index is 12.7. The number of nitrogens with one attached hydrogen (secondary N) is 1. The molecule has 0 aliphatic carbocycles. The number of rotatable bonds is 1. The number of carbonyl (C=O) groups excluding carboxylic acids is 1. The zero-order valence-corrected chi connectivity index (χ0v) is 11.7. The van der Waals surface area contributed by atoms with Crippen molar-refractivity contribution in [2.45, 2.75) is 26.1 Å². The maximum atomic E-state index is 12.7. The number of hydrogen-bond acceptors (Lipinski definition) is 3. The Morgan fingerprint density at radius 3 is 2.75 bits per heavy atom. The number of aromatic amines is 1. The van der Waals surface area contributed by atoms with Crippen LogP contribution >= 0.6 is 0 Å². The Labute approximate surface area is 117 Å². The van der Waals surface area contributed by atoms with E-state index < -0.39 is 0 Å². The van der Waals surface area contributed by atoms with E-state index in [1.807, 2.05) is 36.9 Å². The monoisotopic (exact) mass is 273 g/mol. The first-order valence-electron chi connectivity index (χ1n) is 6.86. The number of amides is 1. The van der Waals surface area contributed by atoms with Crippen LogP contribution in [0.3, 0.4) is 0 Å². The number of anilines is 1. The highest BCUT2D eigenvalue weighted by Gasteiger charge is 2.27. The molecule has 0 unspecified atom stereocenters. The molecule has 1 saturated heterocycles. The van der Waals surface area contributed by atoms with Crippen molar-refractivity contribution >= 4 is 22.5 Å². The Balaban J connectivity index is 1.94. The minimum atomic E-state index is 0.0313. The van der Waals surface area contributed by atoms with E-state index in [4.69, 9.17) is 10.5 Å². The highest BCUT2D eigenvalue weighted by atomic mass is 16.5. The van der Waals surface area contributed by atoms with Gasteiger partial charge < -0.3 is 20.4 Å². The molecule has 1 aliphatic heterocycles. The van der Waals surface area contributed by atoms with Crippen molar-refractivity contribution in [3.05, 3.63) is 30.0 Å². The number of morpholine rings is 1. The summed E-state index contributed by atoms with van der Waals surface area (Å²) in [7, 11) is 0. The Morgan fingerprint density at radius 1 is 1.35 bits per heavy atom. The van der Waals surface area contributed by atoms with Gasteiger partial charge in [-0.2, -0.15) is 0 Å². The molecule has 0 saturated carbocycles. The molecular weight excluding hydrogens is 254 g/mol. The number of aromatic nitrogens is 1. The van der Waals surface area contributed by atoms with Crippen LogP contribution in [-0.2, 0) is 4.74 Å². The fourth-order valence-corrected chi connectivity index (χ4v) is 2.83. The zero-order chi connectivity index (χ0) is 14.3. The van der Waals surface area contributed by atoms with E-state index in [-0.39, 0.29) is 18.1 Å². The number of benzene rings is 1. The number of nitrogens with zero attached hydrogens (tertiary/aromatic N) is 1. The molecular formula is C15H19N3O2. The molecule has 3 rings (SSSR count). The van der Waals surface area contributed by atoms with Crippen LogP contribution in [0.5, 0.6) is 0 Å². The summed E-state index contributed by atoms with van der Waals surface area (Å²) in [6.45, 7) is 5.22. The molecule has 5 nitrogen and oxygen atoms in total. The van der Waals surface area contributed by atoms with Gasteiger partial charge in [-0.05, 0) is 32.0 Å². The van der Waals surface area contributed by atoms with Gasteiger partial charge in [0.05, 0.1) is 17.8 Å². The van der Waals surface area contributed by atoms with Gasteiger partial charge in [-0.15, -0.1) is 0 Å². The molecule has 0 bridgehead atoms. The Kier molecular flexibility index (Phi) is 3.14. The third-order valence-electron chi connectivity index (χ3n) is 3.64. The van der Waals surface area contributed by atoms with E-state index in [0.717, 1.165) is 10.9 Å². The predicted octanol–water partition coefficient (Wildman–Crippen LogP) is 2.00. The lowest BCUT2D eigenvalue weighted by molar-refractivity contribution is -0.0585. The van der Waals surface area contributed by atoms with Crippen molar-refractivity contribution in [2.75, 3.05) is 18.8 Å². The van der Waals surface area contributed by atoms with Crippen LogP contribution in [-0.4, -0.2) is 41.1 Å². The molecule has 2 aromatic rings. The minimum absolute atomic E-state index is 0.0313. The van der Waals surface area contributed by atoms with Crippen LogP contribution in [0, 0.1) is 0 Å². The molecule has 0 radical (unpaired) electrons. The molecule has 5 heteroatoms. The predicted molar refractivity (Wildman–Crippen MR) is 78.6 cm³/mol. The molecule has 106 valence electrons. The molecule has 2 atom stereocenters. The van der Waals surface area contributed by atoms with Gasteiger partial charge in [0.25, 0.3) is 5.91 Å². The highest BCUT2D eigenvalue weighted by Crippen LogP contribution is 2.23. The fraction of sp³-hybridized carbons (Fsp3) is 0.400. The number of ether oxygens (including phenoxy) is 1. The van der Waals surface area contributed by atoms with E-state index >= 15 is 0 Å². The van der Waals surface area contributed by atoms with Gasteiger partial charge in [0, 0.05) is 35.9 Å². The van der Waals surface area contributed by atoms with Crippen molar-refractivity contribution in [3.63, 3.8) is 0 Å². The Hall–Kier alpha value is -2.01. The smallest absolute Gasteiger partial charge is 0.256 e. The normalized spacial score (nSPS) is 23.2. The number of nitrogen functional groups attached to an aromatic ring is 1. The summed E-state index contributed by atoms with van der Waals surface area (Å²) in [4.78, 5) is 17.7. The molecule has 2 heterocycles. The lowest BCUT2D eigenvalue weighted by Crippen LogP contribution is -2.48. The van der Waals surface area contributed by atoms with Gasteiger partial charge in [-0.1, -0.05) is 0 Å². The summed E-state index contributed by atoms with van der Waals surface area (Å²) < 4.78 is 5.67. The first-order chi connectivity index (χ1) is 9.54. The summed E-state index contributed by atoms with van der Waals surface area (Å²) in [6, 6.07) is 5.56. The van der Waals surface area contributed by atoms with E-state index in [0.29, 0.717) is 24.3 Å². The summed E-state index contributed by atoms with van der Waals surface area (Å²) >= 11 is 0. The lowest BCUT2D eigenvalue weighted by Gasteiger charge is -2.35. The minimum Gasteiger partial charge on any atom is -0.399 e. The number of nitrogens with two attached hydrogens (primary N) is 1. The van der Waals surface area contributed by atoms with Gasteiger partial charge >= 0.3 is 0 Å². The largest absolute Gasteiger partial charge is 0.399 e. The van der Waals surface area contributed by atoms with Crippen molar-refractivity contribution in [2.24, 2.45) is 0 Å². The van der Waals surface area contributed by atoms with Crippen LogP contribution in [0.4, 0.5) is 5.69 Å². The van der Waals surface area contributed by atoms with Crippen LogP contribution < -0.4 is 5.73 Å². The molecule has 1 fully saturated rings. The SMILES string of the molecule is C[C@@H]1CN(C(=O)c2c[nH]c3ccc(N)cc23)C[C@H](C)O1. The number of H-pyrrole nitrogens is 1. The summed E-state index contributed by atoms with van der Waals surface area (Å²) in [6.07, 6.45) is 1.90. The van der Waals surface area contributed by atoms with Crippen LogP contribution in [0.25, 0.3) is 10.9 Å². The first kappa shape index (κ1) is 13.0. The average Bonchev–Trinajstić information content (AvgIpc) is 2.79. The third-order valence-corrected chi connectivity index (χ3v) is 3.64. The molecule has 3 N–H and O–H groups in total. The molecule has 0 spiro atoms. The number of hydrogen-bond donors (Lipinski definition) is 2. The van der Waals surface area contributed by atoms with Crippen molar-refractivity contribution in [3.8, 4) is 0 Å². The average molecular weight is 273 g/mol. The molecule has 20 heavy (non-hydrogen) atoms. The quantitative estimate of drug-likeness (QED) is 0.781. The van der Waals surface area contributed by atoms with Crippen LogP contribution in [0.1, 0.15) is 24.2 Å². The molecule has 1 aromatic carbocycles. The molecule has 1 aromatic heterocycles. The topological polar surface area (TPSA) is 71.4 Å². The van der Waals surface area contributed by atoms with Crippen LogP contribution in [0.15, 0.2) is 24.4 Å². The van der Waals surface area contributed by atoms with Gasteiger partial charge in [0.2, 0.25) is 0 Å². The van der Waals surface area contributed by atoms with Gasteiger partial charge in [-0.3, -0.25) is 4.79 Å². The van der Waals surface area contributed by atoms with E-state index in [9.17, 15) is 4.79 Å². The third kappa shape index (κ3) is 2.25. The Morgan fingerprint density at radius 2 is 2.05 bits per heavy atom. The van der Waals surface area contributed by atoms with E-state index in [1.165, 1.54) is 0 Å². The molecule has 1 aliphatic rings. The van der Waals surface area contributed by atoms with E-state index in [1.54, 1.807) is 6.20 Å². The summed E-state index contributed by atoms with van der Waals surface area (Å²) in [5.74, 6) is 0.0313. The van der Waals surface area contributed by atoms with Crippen LogP contribution in [0.2, 0.25) is 0 Å². The first-order valence-corrected chi connectivity index (χ1v) is 6.86. The lowest BCUT2D eigenvalue weighted by atomic mass is 10.1. The summed E-state index contributed by atoms with van der Waals surface area (Å²) in [5.41, 5.74) is 8.08. The zero-order valence-electron chi connectivity index (χ0n) is 11.7. The second kappa shape index (κ2) is 4.83. The highest BCUT2D eigenvalue weighted by molar-refractivity contribution is 6.07. The van der Waals surface area contributed by atoms with Crippen molar-refractivity contribution in [1.29, 1.82) is 0 Å². The number of fused-ring (bicyclic) bond motifs is 1. The number of carbonyl (C=O) groups is 1. The molecule has 1 amide bonds. The van der Waals surface area contributed by atoms with Crippen molar-refractivity contribution in [1.82, 2.24) is 9.88 Å². The van der Waals surface area contributed by atoms with E-state index in [2.05, 4.69) is 4.98 Å².